The molecule has 0 amide bonds. The SMILES string of the molecule is O=Cc1cn(-c2ccc(Br)cc2)nc1C(O)c1cnn(-c2ccc(Br)cc2)c1. The van der Waals surface area contributed by atoms with Gasteiger partial charge in [0.2, 0.25) is 0 Å². The third kappa shape index (κ3) is 3.71. The summed E-state index contributed by atoms with van der Waals surface area (Å²) in [7, 11) is 0. The fourth-order valence-corrected chi connectivity index (χ4v) is 3.33. The first-order chi connectivity index (χ1) is 13.5. The van der Waals surface area contributed by atoms with Crippen molar-refractivity contribution in [2.45, 2.75) is 6.10 Å². The molecule has 1 N–H and O–H groups in total. The summed E-state index contributed by atoms with van der Waals surface area (Å²) >= 11 is 6.80. The molecule has 140 valence electrons. The van der Waals surface area contributed by atoms with Crippen LogP contribution in [0.4, 0.5) is 0 Å². The van der Waals surface area contributed by atoms with Crippen molar-refractivity contribution >= 4 is 38.1 Å². The number of aliphatic hydroxyl groups is 1. The number of nitrogens with zero attached hydrogens (tertiary/aromatic N) is 4. The van der Waals surface area contributed by atoms with Crippen LogP contribution in [0, 0.1) is 0 Å². The highest BCUT2D eigenvalue weighted by Gasteiger charge is 2.21. The van der Waals surface area contributed by atoms with Crippen LogP contribution < -0.4 is 0 Å². The molecular formula is C20H14Br2N4O2. The molecule has 0 fully saturated rings. The number of benzene rings is 2. The Balaban J connectivity index is 1.66. The van der Waals surface area contributed by atoms with Crippen LogP contribution in [0.5, 0.6) is 0 Å². The van der Waals surface area contributed by atoms with Crippen molar-refractivity contribution in [3.63, 3.8) is 0 Å². The Morgan fingerprint density at radius 1 is 0.893 bits per heavy atom. The van der Waals surface area contributed by atoms with Gasteiger partial charge >= 0.3 is 0 Å². The number of hydrogen-bond donors (Lipinski definition) is 1. The number of rotatable bonds is 5. The molecule has 0 bridgehead atoms. The monoisotopic (exact) mass is 500 g/mol. The average molecular weight is 502 g/mol. The van der Waals surface area contributed by atoms with Crippen molar-refractivity contribution < 1.29 is 9.90 Å². The second-order valence-electron chi connectivity index (χ2n) is 6.11. The van der Waals surface area contributed by atoms with Crippen LogP contribution in [0.15, 0.2) is 76.1 Å². The van der Waals surface area contributed by atoms with Gasteiger partial charge in [0.25, 0.3) is 0 Å². The molecule has 0 radical (unpaired) electrons. The third-order valence-corrected chi connectivity index (χ3v) is 5.32. The molecule has 1 atom stereocenters. The van der Waals surface area contributed by atoms with Crippen LogP contribution >= 0.6 is 31.9 Å². The first-order valence-corrected chi connectivity index (χ1v) is 9.93. The maximum atomic E-state index is 11.5. The Hall–Kier alpha value is -2.55. The van der Waals surface area contributed by atoms with E-state index in [9.17, 15) is 9.90 Å². The van der Waals surface area contributed by atoms with Crippen LogP contribution in [-0.2, 0) is 0 Å². The molecule has 0 spiro atoms. The molecule has 1 unspecified atom stereocenters. The normalized spacial score (nSPS) is 12.1. The average Bonchev–Trinajstić information content (AvgIpc) is 3.36. The fourth-order valence-electron chi connectivity index (χ4n) is 2.80. The minimum atomic E-state index is -1.07. The number of halogens is 2. The van der Waals surface area contributed by atoms with E-state index in [1.165, 1.54) is 0 Å². The molecule has 2 aromatic carbocycles. The Morgan fingerprint density at radius 2 is 1.46 bits per heavy atom. The minimum absolute atomic E-state index is 0.285. The largest absolute Gasteiger partial charge is 0.382 e. The quantitative estimate of drug-likeness (QED) is 0.409. The van der Waals surface area contributed by atoms with Gasteiger partial charge in [-0.2, -0.15) is 10.2 Å². The van der Waals surface area contributed by atoms with Crippen LogP contribution in [-0.4, -0.2) is 31.0 Å². The van der Waals surface area contributed by atoms with E-state index in [0.717, 1.165) is 20.3 Å². The van der Waals surface area contributed by atoms with Crippen LogP contribution in [0.2, 0.25) is 0 Å². The Labute approximate surface area is 177 Å². The zero-order valence-corrected chi connectivity index (χ0v) is 17.6. The molecule has 4 aromatic rings. The summed E-state index contributed by atoms with van der Waals surface area (Å²) in [6, 6.07) is 15.2. The van der Waals surface area contributed by atoms with E-state index in [2.05, 4.69) is 42.1 Å². The number of carbonyl (C=O) groups excluding carboxylic acids is 1. The van der Waals surface area contributed by atoms with Crippen molar-refractivity contribution in [3.8, 4) is 11.4 Å². The molecule has 2 aromatic heterocycles. The van der Waals surface area contributed by atoms with E-state index in [0.29, 0.717) is 17.4 Å². The lowest BCUT2D eigenvalue weighted by Crippen LogP contribution is -2.04. The number of carbonyl (C=O) groups is 1. The summed E-state index contributed by atoms with van der Waals surface area (Å²) < 4.78 is 5.16. The van der Waals surface area contributed by atoms with Crippen LogP contribution in [0.1, 0.15) is 27.7 Å². The Bertz CT molecular complexity index is 1120. The second-order valence-corrected chi connectivity index (χ2v) is 7.94. The maximum absolute atomic E-state index is 11.5. The zero-order chi connectivity index (χ0) is 19.7. The van der Waals surface area contributed by atoms with Crippen LogP contribution in [0.25, 0.3) is 11.4 Å². The molecule has 0 saturated heterocycles. The number of hydrogen-bond acceptors (Lipinski definition) is 4. The van der Waals surface area contributed by atoms with E-state index < -0.39 is 6.10 Å². The molecule has 8 heteroatoms. The van der Waals surface area contributed by atoms with Crippen LogP contribution in [0.3, 0.4) is 0 Å². The van der Waals surface area contributed by atoms with Gasteiger partial charge in [-0.05, 0) is 48.5 Å². The molecule has 0 aliphatic carbocycles. The van der Waals surface area contributed by atoms with Gasteiger partial charge in [-0.15, -0.1) is 0 Å². The van der Waals surface area contributed by atoms with E-state index >= 15 is 0 Å². The van der Waals surface area contributed by atoms with E-state index in [1.807, 2.05) is 48.5 Å². The third-order valence-electron chi connectivity index (χ3n) is 4.26. The van der Waals surface area contributed by atoms with E-state index in [-0.39, 0.29) is 5.69 Å². The Morgan fingerprint density at radius 3 is 2.04 bits per heavy atom. The zero-order valence-electron chi connectivity index (χ0n) is 14.4. The summed E-state index contributed by atoms with van der Waals surface area (Å²) in [6.45, 7) is 0. The Kier molecular flexibility index (Phi) is 5.25. The standard InChI is InChI=1S/C20H14Br2N4O2/c21-15-1-5-17(6-2-15)25-10-13(9-23-25)20(28)19-14(12-27)11-26(24-19)18-7-3-16(22)4-8-18/h1-12,20,28H. The topological polar surface area (TPSA) is 72.9 Å². The molecule has 6 nitrogen and oxygen atoms in total. The van der Waals surface area contributed by atoms with Gasteiger partial charge in [-0.25, -0.2) is 9.36 Å². The van der Waals surface area contributed by atoms with Gasteiger partial charge in [0, 0.05) is 26.9 Å². The molecule has 4 rings (SSSR count). The highest BCUT2D eigenvalue weighted by molar-refractivity contribution is 9.10. The summed E-state index contributed by atoms with van der Waals surface area (Å²) in [5.41, 5.74) is 2.81. The number of aliphatic hydroxyl groups excluding tert-OH is 1. The lowest BCUT2D eigenvalue weighted by molar-refractivity contribution is 0.111. The van der Waals surface area contributed by atoms with Crippen molar-refractivity contribution in [1.29, 1.82) is 0 Å². The molecule has 0 saturated carbocycles. The molecule has 0 aliphatic rings. The smallest absolute Gasteiger partial charge is 0.153 e. The number of aldehydes is 1. The predicted octanol–water partition coefficient (Wildman–Crippen LogP) is 4.48. The highest BCUT2D eigenvalue weighted by Crippen LogP contribution is 2.25. The summed E-state index contributed by atoms with van der Waals surface area (Å²) in [5, 5.41) is 19.5. The van der Waals surface area contributed by atoms with E-state index in [1.54, 1.807) is 28.0 Å². The maximum Gasteiger partial charge on any atom is 0.153 e. The van der Waals surface area contributed by atoms with E-state index in [4.69, 9.17) is 0 Å². The first-order valence-electron chi connectivity index (χ1n) is 8.34. The van der Waals surface area contributed by atoms with Gasteiger partial charge in [-0.1, -0.05) is 31.9 Å². The number of aromatic nitrogens is 4. The lowest BCUT2D eigenvalue weighted by Gasteiger charge is -2.06. The molecule has 0 aliphatic heterocycles. The summed E-state index contributed by atoms with van der Waals surface area (Å²) in [6.07, 6.45) is 4.52. The van der Waals surface area contributed by atoms with Gasteiger partial charge in [0.05, 0.1) is 23.1 Å². The fraction of sp³-hybridized carbons (Fsp3) is 0.0500. The van der Waals surface area contributed by atoms with Crippen molar-refractivity contribution in [3.05, 3.63) is 92.9 Å². The summed E-state index contributed by atoms with van der Waals surface area (Å²) in [4.78, 5) is 11.5. The van der Waals surface area contributed by atoms with Crippen molar-refractivity contribution in [2.24, 2.45) is 0 Å². The van der Waals surface area contributed by atoms with Gasteiger partial charge in [0.1, 0.15) is 11.8 Å². The van der Waals surface area contributed by atoms with Crippen molar-refractivity contribution in [1.82, 2.24) is 19.6 Å². The first kappa shape index (κ1) is 18.8. The van der Waals surface area contributed by atoms with Gasteiger partial charge in [0.15, 0.2) is 6.29 Å². The molecule has 28 heavy (non-hydrogen) atoms. The second kappa shape index (κ2) is 7.83. The minimum Gasteiger partial charge on any atom is -0.382 e. The highest BCUT2D eigenvalue weighted by atomic mass is 79.9. The molecular weight excluding hydrogens is 488 g/mol. The lowest BCUT2D eigenvalue weighted by atomic mass is 10.1. The van der Waals surface area contributed by atoms with Gasteiger partial charge in [-0.3, -0.25) is 4.79 Å². The van der Waals surface area contributed by atoms with Crippen molar-refractivity contribution in [2.75, 3.05) is 0 Å². The summed E-state index contributed by atoms with van der Waals surface area (Å²) in [5.74, 6) is 0. The predicted molar refractivity (Wildman–Crippen MR) is 112 cm³/mol. The molecule has 2 heterocycles. The van der Waals surface area contributed by atoms with Gasteiger partial charge < -0.3 is 5.11 Å².